The van der Waals surface area contributed by atoms with Gasteiger partial charge in [0.05, 0.1) is 11.1 Å². The Labute approximate surface area is 196 Å². The van der Waals surface area contributed by atoms with Crippen molar-refractivity contribution in [2.75, 3.05) is 0 Å². The van der Waals surface area contributed by atoms with Crippen LogP contribution in [-0.2, 0) is 39.7 Å². The van der Waals surface area contributed by atoms with Crippen molar-refractivity contribution in [1.29, 1.82) is 0 Å². The molecule has 0 fully saturated rings. The Kier molecular flexibility index (Phi) is 8.57. The average Bonchev–Trinajstić information content (AvgIpc) is 3.19. The van der Waals surface area contributed by atoms with Crippen LogP contribution in [0.1, 0.15) is 29.2 Å². The van der Waals surface area contributed by atoms with Crippen molar-refractivity contribution in [2.45, 2.75) is 38.3 Å². The lowest BCUT2D eigenvalue weighted by Gasteiger charge is -2.18. The zero-order chi connectivity index (χ0) is 26.4. The molecule has 35 heavy (non-hydrogen) atoms. The number of hydrogen-bond acceptors (Lipinski definition) is 3. The fourth-order valence-electron chi connectivity index (χ4n) is 3.32. The average molecular weight is 498 g/mol. The Bertz CT molecular complexity index is 1180. The molecule has 0 radical (unpaired) electrons. The molecule has 1 atom stereocenters. The van der Waals surface area contributed by atoms with Crippen LogP contribution in [0, 0.1) is 12.8 Å². The third-order valence-electron chi connectivity index (χ3n) is 4.79. The first kappa shape index (κ1) is 27.3. The Hall–Kier alpha value is -3.94. The minimum atomic E-state index is -5.02. The van der Waals surface area contributed by atoms with Gasteiger partial charge in [0.25, 0.3) is 0 Å². The van der Waals surface area contributed by atoms with Crippen molar-refractivity contribution in [3.63, 3.8) is 0 Å². The van der Waals surface area contributed by atoms with Gasteiger partial charge >= 0.3 is 18.3 Å². The molecule has 11 heteroatoms. The van der Waals surface area contributed by atoms with Gasteiger partial charge in [-0.3, -0.25) is 4.79 Å². The molecular weight excluding hydrogens is 478 g/mol. The normalized spacial score (nSPS) is 12.4. The molecule has 3 rings (SSSR count). The highest BCUT2D eigenvalue weighted by Gasteiger charge is 2.37. The van der Waals surface area contributed by atoms with Crippen LogP contribution in [-0.4, -0.2) is 22.9 Å². The second-order valence-electron chi connectivity index (χ2n) is 7.34. The zero-order valence-corrected chi connectivity index (χ0v) is 18.3. The molecule has 0 aliphatic heterocycles. The third-order valence-corrected chi connectivity index (χ3v) is 4.79. The van der Waals surface area contributed by atoms with Gasteiger partial charge in [-0.1, -0.05) is 18.2 Å². The molecule has 0 spiro atoms. The summed E-state index contributed by atoms with van der Waals surface area (Å²) in [4.78, 5) is 27.2. The summed E-state index contributed by atoms with van der Waals surface area (Å²) < 4.78 is 83.1. The molecule has 1 amide bonds. The predicted molar refractivity (Wildman–Crippen MR) is 116 cm³/mol. The summed E-state index contributed by atoms with van der Waals surface area (Å²) in [5, 5.41) is 3.19. The highest BCUT2D eigenvalue weighted by Crippen LogP contribution is 2.36. The molecule has 186 valence electrons. The summed E-state index contributed by atoms with van der Waals surface area (Å²) >= 11 is 0. The number of ether oxygens (including phenoxy) is 1. The number of nitrogens with one attached hydrogen (secondary N) is 2. The highest BCUT2D eigenvalue weighted by atomic mass is 19.4. The number of carbonyl (C=O) groups is 2. The number of hydrogen-bond donors (Lipinski definition) is 2. The summed E-state index contributed by atoms with van der Waals surface area (Å²) in [6, 6.07) is 6.92. The largest absolute Gasteiger partial charge is 0.459 e. The fourth-order valence-corrected chi connectivity index (χ4v) is 3.32. The van der Waals surface area contributed by atoms with Crippen LogP contribution in [0.15, 0.2) is 48.7 Å². The Morgan fingerprint density at radius 3 is 2.11 bits per heavy atom. The number of halogens is 6. The summed E-state index contributed by atoms with van der Waals surface area (Å²) in [6.45, 7) is 0.327. The topological polar surface area (TPSA) is 71.2 Å². The van der Waals surface area contributed by atoms with Crippen molar-refractivity contribution >= 4 is 22.8 Å². The van der Waals surface area contributed by atoms with Crippen molar-refractivity contribution in [1.82, 2.24) is 10.3 Å². The van der Waals surface area contributed by atoms with Gasteiger partial charge in [-0.05, 0) is 35.4 Å². The van der Waals surface area contributed by atoms with E-state index in [9.17, 15) is 35.9 Å². The molecule has 2 N–H and O–H groups in total. The van der Waals surface area contributed by atoms with Crippen molar-refractivity contribution in [3.8, 4) is 12.8 Å². The maximum atomic E-state index is 13.0. The molecule has 0 aliphatic carbocycles. The number of carbonyl (C=O) groups excluding carboxylic acids is 2. The number of H-pyrrole nitrogens is 1. The number of alkyl halides is 6. The van der Waals surface area contributed by atoms with Gasteiger partial charge in [-0.25, -0.2) is 4.79 Å². The Balaban J connectivity index is 0.00000210. The Morgan fingerprint density at radius 2 is 1.57 bits per heavy atom. The van der Waals surface area contributed by atoms with Crippen LogP contribution < -0.4 is 5.32 Å². The van der Waals surface area contributed by atoms with E-state index in [-0.39, 0.29) is 12.5 Å². The van der Waals surface area contributed by atoms with E-state index in [2.05, 4.69) is 23.1 Å². The standard InChI is InChI=1S/C22H18F6N2O3.C2H2/c1-12(31)30-19(8-14-10-29-18-5-3-2-4-17(14)18)20(32)33-11-13-6-15(21(23,24)25)9-16(7-13)22(26,27)28;1-2/h2-7,9-10,19,29H,8,11H2,1H3,(H,30,31);1-2H/t19-;/m0./s1. The highest BCUT2D eigenvalue weighted by molar-refractivity contribution is 5.86. The first-order valence-corrected chi connectivity index (χ1v) is 9.95. The van der Waals surface area contributed by atoms with Crippen LogP contribution >= 0.6 is 0 Å². The summed E-state index contributed by atoms with van der Waals surface area (Å²) in [5.74, 6) is -1.56. The smallest absolute Gasteiger partial charge is 0.416 e. The maximum absolute atomic E-state index is 13.0. The van der Waals surface area contributed by atoms with Gasteiger partial charge in [0.1, 0.15) is 12.6 Å². The second-order valence-corrected chi connectivity index (χ2v) is 7.34. The van der Waals surface area contributed by atoms with Crippen molar-refractivity contribution in [2.24, 2.45) is 0 Å². The molecule has 1 aromatic heterocycles. The molecule has 0 aliphatic rings. The maximum Gasteiger partial charge on any atom is 0.416 e. The predicted octanol–water partition coefficient (Wildman–Crippen LogP) is 5.25. The number of terminal acetylenes is 1. The number of aromatic amines is 1. The van der Waals surface area contributed by atoms with Crippen LogP contribution in [0.25, 0.3) is 10.9 Å². The van der Waals surface area contributed by atoms with Gasteiger partial charge in [0.2, 0.25) is 5.91 Å². The summed E-state index contributed by atoms with van der Waals surface area (Å²) in [5.41, 5.74) is -2.06. The van der Waals surface area contributed by atoms with E-state index in [1.54, 1.807) is 30.5 Å². The lowest BCUT2D eigenvalue weighted by atomic mass is 10.0. The van der Waals surface area contributed by atoms with Crippen LogP contribution in [0.5, 0.6) is 0 Å². The molecule has 0 bridgehead atoms. The van der Waals surface area contributed by atoms with E-state index in [0.717, 1.165) is 17.8 Å². The number of esters is 1. The number of rotatable bonds is 6. The molecule has 0 unspecified atom stereocenters. The van der Waals surface area contributed by atoms with Crippen molar-refractivity contribution in [3.05, 3.63) is 70.9 Å². The van der Waals surface area contributed by atoms with E-state index in [0.29, 0.717) is 17.7 Å². The second kappa shape index (κ2) is 11.0. The molecule has 0 saturated carbocycles. The van der Waals surface area contributed by atoms with Crippen LogP contribution in [0.2, 0.25) is 0 Å². The fraction of sp³-hybridized carbons (Fsp3) is 0.250. The van der Waals surface area contributed by atoms with Crippen molar-refractivity contribution < 1.29 is 40.7 Å². The molecule has 3 aromatic rings. The van der Waals surface area contributed by atoms with E-state index in [1.165, 1.54) is 0 Å². The van der Waals surface area contributed by atoms with Gasteiger partial charge in [-0.2, -0.15) is 26.3 Å². The van der Waals surface area contributed by atoms with Gasteiger partial charge in [0, 0.05) is 30.4 Å². The van der Waals surface area contributed by atoms with E-state index in [1.807, 2.05) is 0 Å². The lowest BCUT2D eigenvalue weighted by Crippen LogP contribution is -2.42. The number of amides is 1. The quantitative estimate of drug-likeness (QED) is 0.277. The minimum absolute atomic E-state index is 0.00117. The first-order valence-electron chi connectivity index (χ1n) is 9.95. The molecular formula is C24H20F6N2O3. The zero-order valence-electron chi connectivity index (χ0n) is 18.3. The van der Waals surface area contributed by atoms with Crippen LogP contribution in [0.3, 0.4) is 0 Å². The van der Waals surface area contributed by atoms with E-state index >= 15 is 0 Å². The van der Waals surface area contributed by atoms with E-state index in [4.69, 9.17) is 4.74 Å². The molecule has 0 saturated heterocycles. The SMILES string of the molecule is C#C.CC(=O)N[C@@H](Cc1c[nH]c2ccccc12)C(=O)OCc1cc(C(F)(F)F)cc(C(F)(F)F)c1. The monoisotopic (exact) mass is 498 g/mol. The minimum Gasteiger partial charge on any atom is -0.459 e. The van der Waals surface area contributed by atoms with E-state index < -0.39 is 53.6 Å². The Morgan fingerprint density at radius 1 is 1.00 bits per heavy atom. The number of para-hydroxylation sites is 1. The molecule has 2 aromatic carbocycles. The molecule has 5 nitrogen and oxygen atoms in total. The van der Waals surface area contributed by atoms with Crippen LogP contribution in [0.4, 0.5) is 26.3 Å². The number of aromatic nitrogens is 1. The summed E-state index contributed by atoms with van der Waals surface area (Å²) in [6.07, 6.45) is -0.407. The van der Waals surface area contributed by atoms with Gasteiger partial charge in [0.15, 0.2) is 0 Å². The van der Waals surface area contributed by atoms with Gasteiger partial charge in [-0.15, -0.1) is 12.8 Å². The molecule has 1 heterocycles. The summed E-state index contributed by atoms with van der Waals surface area (Å²) in [7, 11) is 0. The lowest BCUT2D eigenvalue weighted by molar-refractivity contribution is -0.149. The van der Waals surface area contributed by atoms with Gasteiger partial charge < -0.3 is 15.0 Å². The first-order chi connectivity index (χ1) is 16.3. The number of benzene rings is 2. The third kappa shape index (κ3) is 7.27. The number of fused-ring (bicyclic) bond motifs is 1.